The predicted octanol–water partition coefficient (Wildman–Crippen LogP) is 1.51. The molecule has 106 valence electrons. The van der Waals surface area contributed by atoms with Crippen molar-refractivity contribution in [1.82, 2.24) is 4.90 Å². The Labute approximate surface area is 114 Å². The molecule has 1 rings (SSSR count). The lowest BCUT2D eigenvalue weighted by Crippen LogP contribution is -2.34. The van der Waals surface area contributed by atoms with Crippen molar-refractivity contribution in [2.45, 2.75) is 19.8 Å². The maximum Gasteiger partial charge on any atom is 0.254 e. The van der Waals surface area contributed by atoms with E-state index in [-0.39, 0.29) is 12.5 Å². The van der Waals surface area contributed by atoms with Crippen molar-refractivity contribution in [3.63, 3.8) is 0 Å². The molecule has 0 spiro atoms. The van der Waals surface area contributed by atoms with E-state index in [2.05, 4.69) is 6.92 Å². The van der Waals surface area contributed by atoms with Crippen LogP contribution in [0.1, 0.15) is 30.1 Å². The number of nitrogens with two attached hydrogens (primary N) is 1. The zero-order chi connectivity index (χ0) is 14.3. The number of anilines is 1. The van der Waals surface area contributed by atoms with Gasteiger partial charge in [0, 0.05) is 18.7 Å². The van der Waals surface area contributed by atoms with Gasteiger partial charge in [0.25, 0.3) is 5.91 Å². The first-order valence-electron chi connectivity index (χ1n) is 6.47. The number of unbranched alkanes of at least 4 members (excludes halogenated alkanes) is 1. The zero-order valence-corrected chi connectivity index (χ0v) is 11.6. The molecule has 0 aliphatic rings. The van der Waals surface area contributed by atoms with E-state index in [1.165, 1.54) is 7.11 Å². The van der Waals surface area contributed by atoms with Crippen LogP contribution in [0.4, 0.5) is 5.69 Å². The Morgan fingerprint density at radius 2 is 2.16 bits per heavy atom. The minimum Gasteiger partial charge on any atom is -0.495 e. The van der Waals surface area contributed by atoms with Crippen LogP contribution in [0.5, 0.6) is 5.75 Å². The number of hydrogen-bond donors (Lipinski definition) is 2. The summed E-state index contributed by atoms with van der Waals surface area (Å²) in [4.78, 5) is 14.0. The molecule has 19 heavy (non-hydrogen) atoms. The third-order valence-electron chi connectivity index (χ3n) is 2.92. The number of hydrogen-bond acceptors (Lipinski definition) is 4. The lowest BCUT2D eigenvalue weighted by Gasteiger charge is -2.22. The molecule has 0 saturated heterocycles. The number of ether oxygens (including phenoxy) is 1. The van der Waals surface area contributed by atoms with Crippen molar-refractivity contribution in [3.05, 3.63) is 23.8 Å². The van der Waals surface area contributed by atoms with Gasteiger partial charge in [0.1, 0.15) is 5.75 Å². The number of amides is 1. The Bertz CT molecular complexity index is 421. The van der Waals surface area contributed by atoms with E-state index in [0.29, 0.717) is 30.1 Å². The highest BCUT2D eigenvalue weighted by atomic mass is 16.5. The number of nitrogens with zero attached hydrogens (tertiary/aromatic N) is 1. The summed E-state index contributed by atoms with van der Waals surface area (Å²) >= 11 is 0. The van der Waals surface area contributed by atoms with Crippen LogP contribution in [0, 0.1) is 0 Å². The van der Waals surface area contributed by atoms with E-state index in [1.807, 2.05) is 0 Å². The van der Waals surface area contributed by atoms with Gasteiger partial charge >= 0.3 is 0 Å². The molecular formula is C14H22N2O3. The standard InChI is InChI=1S/C14H22N2O3/c1-3-4-7-16(8-9-17)14(18)11-5-6-12(15)13(10-11)19-2/h5-6,10,17H,3-4,7-9,15H2,1-2H3. The van der Waals surface area contributed by atoms with Crippen LogP contribution in [0.25, 0.3) is 0 Å². The van der Waals surface area contributed by atoms with Crippen molar-refractivity contribution < 1.29 is 14.6 Å². The Morgan fingerprint density at radius 3 is 2.74 bits per heavy atom. The maximum absolute atomic E-state index is 12.3. The highest BCUT2D eigenvalue weighted by molar-refractivity contribution is 5.95. The largest absolute Gasteiger partial charge is 0.495 e. The molecule has 0 bridgehead atoms. The second-order valence-corrected chi connectivity index (χ2v) is 4.33. The molecule has 5 heteroatoms. The normalized spacial score (nSPS) is 10.3. The van der Waals surface area contributed by atoms with Crippen LogP contribution in [-0.4, -0.2) is 42.7 Å². The molecule has 0 unspecified atom stereocenters. The number of rotatable bonds is 7. The first-order valence-corrected chi connectivity index (χ1v) is 6.47. The summed E-state index contributed by atoms with van der Waals surface area (Å²) in [6.45, 7) is 3.00. The van der Waals surface area contributed by atoms with Crippen molar-refractivity contribution >= 4 is 11.6 Å². The van der Waals surface area contributed by atoms with Crippen molar-refractivity contribution in [2.24, 2.45) is 0 Å². The molecule has 3 N–H and O–H groups in total. The van der Waals surface area contributed by atoms with Gasteiger partial charge in [-0.2, -0.15) is 0 Å². The quantitative estimate of drug-likeness (QED) is 0.734. The van der Waals surface area contributed by atoms with Gasteiger partial charge in [-0.3, -0.25) is 4.79 Å². The first-order chi connectivity index (χ1) is 9.13. The van der Waals surface area contributed by atoms with Crippen LogP contribution in [0.2, 0.25) is 0 Å². The summed E-state index contributed by atoms with van der Waals surface area (Å²) in [5, 5.41) is 9.04. The van der Waals surface area contributed by atoms with E-state index >= 15 is 0 Å². The molecule has 0 saturated carbocycles. The third kappa shape index (κ3) is 4.13. The van der Waals surface area contributed by atoms with Crippen LogP contribution < -0.4 is 10.5 Å². The molecule has 0 aliphatic heterocycles. The number of methoxy groups -OCH3 is 1. The molecule has 1 amide bonds. The van der Waals surface area contributed by atoms with E-state index in [0.717, 1.165) is 12.8 Å². The van der Waals surface area contributed by atoms with Gasteiger partial charge in [-0.15, -0.1) is 0 Å². The number of nitrogen functional groups attached to an aromatic ring is 1. The molecule has 0 aliphatic carbocycles. The average Bonchev–Trinajstić information content (AvgIpc) is 2.43. The topological polar surface area (TPSA) is 75.8 Å². The Hall–Kier alpha value is -1.75. The third-order valence-corrected chi connectivity index (χ3v) is 2.92. The van der Waals surface area contributed by atoms with E-state index < -0.39 is 0 Å². The fourth-order valence-corrected chi connectivity index (χ4v) is 1.81. The highest BCUT2D eigenvalue weighted by Crippen LogP contribution is 2.23. The van der Waals surface area contributed by atoms with Crippen LogP contribution in [0.15, 0.2) is 18.2 Å². The second-order valence-electron chi connectivity index (χ2n) is 4.33. The molecule has 0 heterocycles. The molecule has 0 radical (unpaired) electrons. The summed E-state index contributed by atoms with van der Waals surface area (Å²) in [5.74, 6) is 0.381. The maximum atomic E-state index is 12.3. The van der Waals surface area contributed by atoms with E-state index in [9.17, 15) is 4.79 Å². The van der Waals surface area contributed by atoms with Gasteiger partial charge < -0.3 is 20.5 Å². The van der Waals surface area contributed by atoms with Gasteiger partial charge in [-0.25, -0.2) is 0 Å². The van der Waals surface area contributed by atoms with Crippen LogP contribution in [0.3, 0.4) is 0 Å². The Balaban J connectivity index is 2.88. The van der Waals surface area contributed by atoms with Gasteiger partial charge in [-0.05, 0) is 24.6 Å². The molecule has 0 atom stereocenters. The van der Waals surface area contributed by atoms with Crippen molar-refractivity contribution in [2.75, 3.05) is 32.5 Å². The molecule has 1 aromatic rings. The lowest BCUT2D eigenvalue weighted by molar-refractivity contribution is 0.0719. The summed E-state index contributed by atoms with van der Waals surface area (Å²) in [6, 6.07) is 4.97. The van der Waals surface area contributed by atoms with E-state index in [4.69, 9.17) is 15.6 Å². The number of aliphatic hydroxyl groups is 1. The predicted molar refractivity (Wildman–Crippen MR) is 75.3 cm³/mol. The smallest absolute Gasteiger partial charge is 0.254 e. The van der Waals surface area contributed by atoms with Gasteiger partial charge in [0.05, 0.1) is 19.4 Å². The summed E-state index contributed by atoms with van der Waals surface area (Å²) < 4.78 is 5.11. The minimum absolute atomic E-state index is 0.0401. The summed E-state index contributed by atoms with van der Waals surface area (Å²) in [5.41, 5.74) is 6.75. The number of carbonyl (C=O) groups excluding carboxylic acids is 1. The monoisotopic (exact) mass is 266 g/mol. The Morgan fingerprint density at radius 1 is 1.42 bits per heavy atom. The fourth-order valence-electron chi connectivity index (χ4n) is 1.81. The second kappa shape index (κ2) is 7.63. The first kappa shape index (κ1) is 15.3. The Kier molecular flexibility index (Phi) is 6.15. The molecule has 5 nitrogen and oxygen atoms in total. The van der Waals surface area contributed by atoms with Gasteiger partial charge in [-0.1, -0.05) is 13.3 Å². The number of benzene rings is 1. The van der Waals surface area contributed by atoms with Crippen molar-refractivity contribution in [1.29, 1.82) is 0 Å². The summed E-state index contributed by atoms with van der Waals surface area (Å²) in [7, 11) is 1.52. The molecular weight excluding hydrogens is 244 g/mol. The SMILES string of the molecule is CCCCN(CCO)C(=O)c1ccc(N)c(OC)c1. The zero-order valence-electron chi connectivity index (χ0n) is 11.6. The van der Waals surface area contributed by atoms with Gasteiger partial charge in [0.2, 0.25) is 0 Å². The summed E-state index contributed by atoms with van der Waals surface area (Å²) in [6.07, 6.45) is 1.91. The fraction of sp³-hybridized carbons (Fsp3) is 0.500. The molecule has 0 fully saturated rings. The van der Waals surface area contributed by atoms with Gasteiger partial charge in [0.15, 0.2) is 0 Å². The van der Waals surface area contributed by atoms with Crippen LogP contribution in [-0.2, 0) is 0 Å². The van der Waals surface area contributed by atoms with Crippen LogP contribution >= 0.6 is 0 Å². The average molecular weight is 266 g/mol. The molecule has 1 aromatic carbocycles. The lowest BCUT2D eigenvalue weighted by atomic mass is 10.1. The highest BCUT2D eigenvalue weighted by Gasteiger charge is 2.16. The number of carbonyl (C=O) groups is 1. The molecule has 0 aromatic heterocycles. The van der Waals surface area contributed by atoms with E-state index in [1.54, 1.807) is 23.1 Å². The minimum atomic E-state index is -0.110. The van der Waals surface area contributed by atoms with Crippen molar-refractivity contribution in [3.8, 4) is 5.75 Å². The number of aliphatic hydroxyl groups excluding tert-OH is 1.